The topological polar surface area (TPSA) is 80.8 Å². The van der Waals surface area contributed by atoms with Gasteiger partial charge in [0.2, 0.25) is 5.75 Å². The van der Waals surface area contributed by atoms with Crippen LogP contribution in [0.3, 0.4) is 0 Å². The summed E-state index contributed by atoms with van der Waals surface area (Å²) < 4.78 is 16.1. The molecule has 0 bridgehead atoms. The van der Waals surface area contributed by atoms with Crippen molar-refractivity contribution >= 4 is 34.5 Å². The summed E-state index contributed by atoms with van der Waals surface area (Å²) in [5.74, 6) is 1.47. The van der Waals surface area contributed by atoms with E-state index >= 15 is 0 Å². The number of aliphatic hydroxyl groups excluding tert-OH is 1. The second-order valence-corrected chi connectivity index (χ2v) is 7.25. The van der Waals surface area contributed by atoms with E-state index in [1.807, 2.05) is 36.5 Å². The third-order valence-corrected chi connectivity index (χ3v) is 5.41. The number of ether oxygens (including phenoxy) is 3. The zero-order valence-corrected chi connectivity index (χ0v) is 17.3. The van der Waals surface area contributed by atoms with Crippen molar-refractivity contribution in [3.63, 3.8) is 0 Å². The van der Waals surface area contributed by atoms with Crippen LogP contribution >= 0.6 is 11.8 Å². The molecular weight excluding hydrogens is 390 g/mol. The quantitative estimate of drug-likeness (QED) is 0.405. The minimum Gasteiger partial charge on any atom is -0.493 e. The van der Waals surface area contributed by atoms with Crippen LogP contribution in [0.2, 0.25) is 0 Å². The lowest BCUT2D eigenvalue weighted by Crippen LogP contribution is -2.05. The second kappa shape index (κ2) is 9.54. The number of H-pyrrole nitrogens is 1. The van der Waals surface area contributed by atoms with Crippen molar-refractivity contribution in [3.05, 3.63) is 58.6 Å². The molecule has 6 nitrogen and oxygen atoms in total. The maximum Gasteiger partial charge on any atom is 0.203 e. The number of hydrogen-bond donors (Lipinski definition) is 2. The van der Waals surface area contributed by atoms with Crippen LogP contribution in [-0.2, 0) is 0 Å². The second-order valence-electron chi connectivity index (χ2n) is 6.11. The molecule has 0 unspecified atom stereocenters. The Morgan fingerprint density at radius 3 is 2.41 bits per heavy atom. The molecule has 0 spiro atoms. The third-order valence-electron chi connectivity index (χ3n) is 4.41. The Hall–Kier alpha value is -2.90. The first-order chi connectivity index (χ1) is 14.1. The molecule has 29 heavy (non-hydrogen) atoms. The standard InChI is InChI=1S/C22H23NO5S/c1-26-18-10-14(11-19(27-2)22(18)28-3)21(25)20(29-9-8-24)12-15-13-23-17-7-5-4-6-16(15)17/h4-7,10-13,23-24H,8-9H2,1-3H3/b20-12-. The number of methoxy groups -OCH3 is 3. The number of rotatable bonds is 9. The lowest BCUT2D eigenvalue weighted by atomic mass is 10.1. The number of hydrogen-bond acceptors (Lipinski definition) is 6. The number of benzene rings is 2. The molecule has 0 atom stereocenters. The average Bonchev–Trinajstić information content (AvgIpc) is 3.17. The van der Waals surface area contributed by atoms with Gasteiger partial charge in [-0.25, -0.2) is 0 Å². The van der Waals surface area contributed by atoms with E-state index < -0.39 is 0 Å². The van der Waals surface area contributed by atoms with Crippen molar-refractivity contribution in [1.82, 2.24) is 4.98 Å². The highest BCUT2D eigenvalue weighted by atomic mass is 32.2. The maximum absolute atomic E-state index is 13.3. The van der Waals surface area contributed by atoms with Crippen LogP contribution in [0, 0.1) is 0 Å². The molecule has 0 aliphatic heterocycles. The zero-order valence-electron chi connectivity index (χ0n) is 16.5. The van der Waals surface area contributed by atoms with Crippen LogP contribution in [0.1, 0.15) is 15.9 Å². The molecule has 2 aromatic carbocycles. The Kier molecular flexibility index (Phi) is 6.85. The van der Waals surface area contributed by atoms with Crippen molar-refractivity contribution in [1.29, 1.82) is 0 Å². The lowest BCUT2D eigenvalue weighted by Gasteiger charge is -2.14. The van der Waals surface area contributed by atoms with Gasteiger partial charge in [0.1, 0.15) is 0 Å². The monoisotopic (exact) mass is 413 g/mol. The molecule has 1 heterocycles. The molecule has 0 fully saturated rings. The highest BCUT2D eigenvalue weighted by Gasteiger charge is 2.20. The molecule has 0 saturated heterocycles. The Morgan fingerprint density at radius 1 is 1.10 bits per heavy atom. The van der Waals surface area contributed by atoms with Gasteiger partial charge in [-0.2, -0.15) is 0 Å². The van der Waals surface area contributed by atoms with E-state index in [0.29, 0.717) is 33.5 Å². The fourth-order valence-electron chi connectivity index (χ4n) is 3.04. The zero-order chi connectivity index (χ0) is 20.8. The predicted molar refractivity (Wildman–Crippen MR) is 116 cm³/mol. The fourth-order valence-corrected chi connectivity index (χ4v) is 3.81. The number of carbonyl (C=O) groups is 1. The van der Waals surface area contributed by atoms with Gasteiger partial charge in [0.25, 0.3) is 0 Å². The first-order valence-electron chi connectivity index (χ1n) is 8.99. The minimum atomic E-state index is -0.187. The summed E-state index contributed by atoms with van der Waals surface area (Å²) in [6, 6.07) is 11.1. The summed E-state index contributed by atoms with van der Waals surface area (Å²) in [6.07, 6.45) is 3.71. The van der Waals surface area contributed by atoms with Crippen LogP contribution in [0.5, 0.6) is 17.2 Å². The molecule has 0 aliphatic carbocycles. The average molecular weight is 413 g/mol. The lowest BCUT2D eigenvalue weighted by molar-refractivity contribution is 0.104. The van der Waals surface area contributed by atoms with Crippen LogP contribution < -0.4 is 14.2 Å². The number of aromatic nitrogens is 1. The van der Waals surface area contributed by atoms with Gasteiger partial charge < -0.3 is 24.3 Å². The van der Waals surface area contributed by atoms with Crippen molar-refractivity contribution in [2.24, 2.45) is 0 Å². The fraction of sp³-hybridized carbons (Fsp3) is 0.227. The first kappa shape index (κ1) is 20.8. The number of allylic oxidation sites excluding steroid dienone is 1. The largest absolute Gasteiger partial charge is 0.493 e. The number of Topliss-reactive ketones (excluding diaryl/α,β-unsaturated/α-hetero) is 1. The molecule has 0 aliphatic rings. The molecule has 7 heteroatoms. The Bertz CT molecular complexity index is 1020. The highest BCUT2D eigenvalue weighted by Crippen LogP contribution is 2.39. The number of aromatic amines is 1. The number of thioether (sulfide) groups is 1. The van der Waals surface area contributed by atoms with E-state index in [-0.39, 0.29) is 12.4 Å². The van der Waals surface area contributed by atoms with E-state index in [1.165, 1.54) is 33.1 Å². The van der Waals surface area contributed by atoms with Crippen LogP contribution in [0.25, 0.3) is 17.0 Å². The third kappa shape index (κ3) is 4.41. The first-order valence-corrected chi connectivity index (χ1v) is 9.97. The molecule has 0 amide bonds. The maximum atomic E-state index is 13.3. The number of carbonyl (C=O) groups excluding carboxylic acids is 1. The Morgan fingerprint density at radius 2 is 1.79 bits per heavy atom. The SMILES string of the molecule is COc1cc(C(=O)/C(=C/c2c[nH]c3ccccc23)SCCO)cc(OC)c1OC. The van der Waals surface area contributed by atoms with E-state index in [2.05, 4.69) is 4.98 Å². The van der Waals surface area contributed by atoms with Gasteiger partial charge >= 0.3 is 0 Å². The summed E-state index contributed by atoms with van der Waals surface area (Å²) in [5, 5.41) is 10.3. The number of fused-ring (bicyclic) bond motifs is 1. The van der Waals surface area contributed by atoms with E-state index in [0.717, 1.165) is 16.5 Å². The van der Waals surface area contributed by atoms with Crippen LogP contribution in [0.15, 0.2) is 47.5 Å². The molecule has 0 radical (unpaired) electrons. The molecule has 3 rings (SSSR count). The minimum absolute atomic E-state index is 0.0293. The van der Waals surface area contributed by atoms with Gasteiger partial charge in [-0.1, -0.05) is 18.2 Å². The highest BCUT2D eigenvalue weighted by molar-refractivity contribution is 8.04. The summed E-state index contributed by atoms with van der Waals surface area (Å²) in [4.78, 5) is 17.0. The molecule has 152 valence electrons. The number of ketones is 1. The van der Waals surface area contributed by atoms with Gasteiger partial charge in [0.15, 0.2) is 17.3 Å². The molecule has 1 aromatic heterocycles. The summed E-state index contributed by atoms with van der Waals surface area (Å²) in [5.41, 5.74) is 2.31. The normalized spacial score (nSPS) is 11.5. The molecular formula is C22H23NO5S. The summed E-state index contributed by atoms with van der Waals surface area (Å²) in [6.45, 7) is -0.0293. The van der Waals surface area contributed by atoms with Crippen molar-refractivity contribution < 1.29 is 24.1 Å². The van der Waals surface area contributed by atoms with Crippen LogP contribution in [-0.4, -0.2) is 49.6 Å². The summed E-state index contributed by atoms with van der Waals surface area (Å²) in [7, 11) is 4.53. The summed E-state index contributed by atoms with van der Waals surface area (Å²) >= 11 is 1.30. The Balaban J connectivity index is 2.06. The number of nitrogens with one attached hydrogen (secondary N) is 1. The van der Waals surface area contributed by atoms with Gasteiger partial charge in [-0.05, 0) is 24.3 Å². The van der Waals surface area contributed by atoms with Crippen molar-refractivity contribution in [2.45, 2.75) is 0 Å². The van der Waals surface area contributed by atoms with E-state index in [9.17, 15) is 9.90 Å². The predicted octanol–water partition coefficient (Wildman–Crippen LogP) is 4.14. The van der Waals surface area contributed by atoms with E-state index in [4.69, 9.17) is 14.2 Å². The van der Waals surface area contributed by atoms with Gasteiger partial charge in [-0.15, -0.1) is 11.8 Å². The number of aliphatic hydroxyl groups is 1. The molecule has 0 saturated carbocycles. The van der Waals surface area contributed by atoms with E-state index in [1.54, 1.807) is 12.1 Å². The van der Waals surface area contributed by atoms with Gasteiger partial charge in [0.05, 0.1) is 32.8 Å². The number of para-hydroxylation sites is 1. The Labute approximate surface area is 173 Å². The smallest absolute Gasteiger partial charge is 0.203 e. The molecule has 2 N–H and O–H groups in total. The van der Waals surface area contributed by atoms with Crippen molar-refractivity contribution in [3.8, 4) is 17.2 Å². The van der Waals surface area contributed by atoms with Crippen molar-refractivity contribution in [2.75, 3.05) is 33.7 Å². The van der Waals surface area contributed by atoms with Gasteiger partial charge in [0, 0.05) is 34.0 Å². The molecule has 3 aromatic rings. The van der Waals surface area contributed by atoms with Crippen LogP contribution in [0.4, 0.5) is 0 Å². The van der Waals surface area contributed by atoms with Gasteiger partial charge in [-0.3, -0.25) is 4.79 Å².